The first-order chi connectivity index (χ1) is 21.4. The number of nitrogens with one attached hydrogen (secondary N) is 4. The Bertz CT molecular complexity index is 1330. The van der Waals surface area contributed by atoms with Crippen LogP contribution in [0.1, 0.15) is 29.5 Å². The number of hydrogen-bond acceptors (Lipinski definition) is 7. The van der Waals surface area contributed by atoms with Gasteiger partial charge in [-0.25, -0.2) is 4.79 Å². The SMILES string of the molecule is CNC(=O)/C=C/[C@H](Cc1ccccc1)NC(=O)[C@H](CCCNC(=O)OCc1ccccc1)NCc1cc(OC)cc(OC)c1. The second-order valence-corrected chi connectivity index (χ2v) is 10.1. The maximum absolute atomic E-state index is 13.6. The van der Waals surface area contributed by atoms with Crippen LogP contribution in [0.4, 0.5) is 4.79 Å². The summed E-state index contributed by atoms with van der Waals surface area (Å²) in [5.74, 6) is 0.795. The molecule has 0 aliphatic heterocycles. The van der Waals surface area contributed by atoms with E-state index in [9.17, 15) is 14.4 Å². The zero-order valence-corrected chi connectivity index (χ0v) is 25.5. The molecule has 0 saturated heterocycles. The second kappa shape index (κ2) is 18.7. The van der Waals surface area contributed by atoms with Crippen molar-refractivity contribution in [3.8, 4) is 11.5 Å². The Labute approximate surface area is 259 Å². The normalized spacial score (nSPS) is 12.2. The van der Waals surface area contributed by atoms with Gasteiger partial charge in [0.2, 0.25) is 11.8 Å². The minimum absolute atomic E-state index is 0.176. The van der Waals surface area contributed by atoms with Gasteiger partial charge in [0, 0.05) is 32.3 Å². The van der Waals surface area contributed by atoms with Crippen molar-refractivity contribution in [2.24, 2.45) is 0 Å². The lowest BCUT2D eigenvalue weighted by atomic mass is 10.0. The smallest absolute Gasteiger partial charge is 0.407 e. The lowest BCUT2D eigenvalue weighted by Gasteiger charge is -2.23. The number of amides is 3. The molecule has 0 saturated carbocycles. The van der Waals surface area contributed by atoms with Gasteiger partial charge < -0.3 is 35.5 Å². The average Bonchev–Trinajstić information content (AvgIpc) is 3.06. The fourth-order valence-corrected chi connectivity index (χ4v) is 4.41. The van der Waals surface area contributed by atoms with E-state index in [1.54, 1.807) is 33.4 Å². The predicted molar refractivity (Wildman–Crippen MR) is 169 cm³/mol. The molecule has 0 heterocycles. The van der Waals surface area contributed by atoms with E-state index in [1.165, 1.54) is 6.08 Å². The number of benzene rings is 3. The van der Waals surface area contributed by atoms with Crippen LogP contribution in [0.5, 0.6) is 11.5 Å². The topological polar surface area (TPSA) is 127 Å². The molecule has 3 aromatic carbocycles. The molecule has 10 nitrogen and oxygen atoms in total. The quantitative estimate of drug-likeness (QED) is 0.136. The molecule has 44 heavy (non-hydrogen) atoms. The van der Waals surface area contributed by atoms with Crippen molar-refractivity contribution in [3.63, 3.8) is 0 Å². The standard InChI is InChI=1S/C34H42N4O6/c1-35-32(39)17-16-28(19-25-11-6-4-7-12-25)38-33(40)31(37-23-27-20-29(42-2)22-30(21-27)43-3)15-10-18-36-34(41)44-24-26-13-8-5-9-14-26/h4-9,11-14,16-17,20-22,28,31,37H,10,15,18-19,23-24H2,1-3H3,(H,35,39)(H,36,41)(H,38,40)/b17-16+/t28-,31+/m1/s1. The Kier molecular flexibility index (Phi) is 14.3. The highest BCUT2D eigenvalue weighted by atomic mass is 16.5. The van der Waals surface area contributed by atoms with Crippen molar-refractivity contribution < 1.29 is 28.6 Å². The average molecular weight is 603 g/mol. The molecule has 0 aliphatic carbocycles. The zero-order valence-electron chi connectivity index (χ0n) is 25.5. The third-order valence-corrected chi connectivity index (χ3v) is 6.78. The number of ether oxygens (including phenoxy) is 3. The molecule has 3 amide bonds. The number of likely N-dealkylation sites (N-methyl/N-ethyl adjacent to an activating group) is 1. The fraction of sp³-hybridized carbons (Fsp3) is 0.324. The van der Waals surface area contributed by atoms with Gasteiger partial charge in [-0.05, 0) is 48.1 Å². The van der Waals surface area contributed by atoms with Crippen molar-refractivity contribution in [2.45, 2.75) is 44.5 Å². The number of carbonyl (C=O) groups excluding carboxylic acids is 3. The number of rotatable bonds is 17. The second-order valence-electron chi connectivity index (χ2n) is 10.1. The van der Waals surface area contributed by atoms with Crippen molar-refractivity contribution in [3.05, 3.63) is 108 Å². The van der Waals surface area contributed by atoms with Crippen LogP contribution >= 0.6 is 0 Å². The van der Waals surface area contributed by atoms with Gasteiger partial charge in [-0.15, -0.1) is 0 Å². The van der Waals surface area contributed by atoms with E-state index in [0.29, 0.717) is 43.9 Å². The largest absolute Gasteiger partial charge is 0.497 e. The fourth-order valence-electron chi connectivity index (χ4n) is 4.41. The van der Waals surface area contributed by atoms with Gasteiger partial charge in [0.15, 0.2) is 0 Å². The zero-order chi connectivity index (χ0) is 31.6. The highest BCUT2D eigenvalue weighted by Crippen LogP contribution is 2.22. The summed E-state index contributed by atoms with van der Waals surface area (Å²) in [6.07, 6.45) is 4.05. The van der Waals surface area contributed by atoms with Crippen molar-refractivity contribution >= 4 is 17.9 Å². The van der Waals surface area contributed by atoms with Gasteiger partial charge in [-0.2, -0.15) is 0 Å². The Morgan fingerprint density at radius 3 is 2.09 bits per heavy atom. The van der Waals surface area contributed by atoms with Gasteiger partial charge in [0.25, 0.3) is 0 Å². The molecule has 0 spiro atoms. The first kappa shape index (κ1) is 33.7. The van der Waals surface area contributed by atoms with Crippen LogP contribution in [-0.4, -0.2) is 57.8 Å². The number of hydrogen-bond donors (Lipinski definition) is 4. The summed E-state index contributed by atoms with van der Waals surface area (Å²) in [4.78, 5) is 37.8. The Hall–Kier alpha value is -4.83. The van der Waals surface area contributed by atoms with E-state index in [-0.39, 0.29) is 18.4 Å². The summed E-state index contributed by atoms with van der Waals surface area (Å²) in [5.41, 5.74) is 2.79. The summed E-state index contributed by atoms with van der Waals surface area (Å²) in [6.45, 7) is 0.876. The maximum Gasteiger partial charge on any atom is 0.407 e. The van der Waals surface area contributed by atoms with Crippen LogP contribution < -0.4 is 30.7 Å². The van der Waals surface area contributed by atoms with E-state index in [1.807, 2.05) is 72.8 Å². The summed E-state index contributed by atoms with van der Waals surface area (Å²) in [7, 11) is 4.72. The molecule has 0 radical (unpaired) electrons. The van der Waals surface area contributed by atoms with Crippen LogP contribution in [0.2, 0.25) is 0 Å². The van der Waals surface area contributed by atoms with Crippen molar-refractivity contribution in [1.82, 2.24) is 21.3 Å². The van der Waals surface area contributed by atoms with E-state index >= 15 is 0 Å². The highest BCUT2D eigenvalue weighted by molar-refractivity contribution is 5.87. The number of alkyl carbamates (subject to hydrolysis) is 1. The van der Waals surface area contributed by atoms with Gasteiger partial charge in [0.1, 0.15) is 18.1 Å². The third kappa shape index (κ3) is 12.2. The monoisotopic (exact) mass is 602 g/mol. The summed E-state index contributed by atoms with van der Waals surface area (Å²) in [6, 6.07) is 23.7. The van der Waals surface area contributed by atoms with Crippen LogP contribution in [0.25, 0.3) is 0 Å². The Morgan fingerprint density at radius 1 is 0.841 bits per heavy atom. The van der Waals surface area contributed by atoms with Crippen molar-refractivity contribution in [1.29, 1.82) is 0 Å². The summed E-state index contributed by atoms with van der Waals surface area (Å²) in [5, 5.41) is 11.8. The van der Waals surface area contributed by atoms with Crippen LogP contribution in [0.15, 0.2) is 91.0 Å². The molecular formula is C34H42N4O6. The van der Waals surface area contributed by atoms with E-state index in [2.05, 4.69) is 21.3 Å². The third-order valence-electron chi connectivity index (χ3n) is 6.78. The lowest BCUT2D eigenvalue weighted by Crippen LogP contribution is -2.48. The molecule has 10 heteroatoms. The van der Waals surface area contributed by atoms with Crippen LogP contribution in [0, 0.1) is 0 Å². The van der Waals surface area contributed by atoms with Crippen LogP contribution in [0.3, 0.4) is 0 Å². The van der Waals surface area contributed by atoms with Crippen molar-refractivity contribution in [2.75, 3.05) is 27.8 Å². The highest BCUT2D eigenvalue weighted by Gasteiger charge is 2.21. The van der Waals surface area contributed by atoms with E-state index in [0.717, 1.165) is 16.7 Å². The predicted octanol–water partition coefficient (Wildman–Crippen LogP) is 3.90. The molecule has 0 aromatic heterocycles. The number of methoxy groups -OCH3 is 2. The Balaban J connectivity index is 1.66. The van der Waals surface area contributed by atoms with Gasteiger partial charge in [0.05, 0.1) is 26.3 Å². The molecular weight excluding hydrogens is 560 g/mol. The molecule has 0 aliphatic rings. The first-order valence-electron chi connectivity index (χ1n) is 14.5. The summed E-state index contributed by atoms with van der Waals surface area (Å²) >= 11 is 0. The molecule has 234 valence electrons. The minimum Gasteiger partial charge on any atom is -0.497 e. The van der Waals surface area contributed by atoms with Gasteiger partial charge in [-0.1, -0.05) is 66.7 Å². The van der Waals surface area contributed by atoms with Crippen LogP contribution in [-0.2, 0) is 33.9 Å². The molecule has 2 atom stereocenters. The first-order valence-corrected chi connectivity index (χ1v) is 14.5. The molecule has 0 fully saturated rings. The summed E-state index contributed by atoms with van der Waals surface area (Å²) < 4.78 is 16.1. The Morgan fingerprint density at radius 2 is 1.48 bits per heavy atom. The van der Waals surface area contributed by atoms with Gasteiger partial charge in [-0.3, -0.25) is 9.59 Å². The molecule has 3 aromatic rings. The van der Waals surface area contributed by atoms with Gasteiger partial charge >= 0.3 is 6.09 Å². The lowest BCUT2D eigenvalue weighted by molar-refractivity contribution is -0.124. The number of carbonyl (C=O) groups is 3. The molecule has 4 N–H and O–H groups in total. The maximum atomic E-state index is 13.6. The molecule has 0 unspecified atom stereocenters. The van der Waals surface area contributed by atoms with E-state index < -0.39 is 18.2 Å². The van der Waals surface area contributed by atoms with E-state index in [4.69, 9.17) is 14.2 Å². The molecule has 0 bridgehead atoms. The minimum atomic E-state index is -0.596. The molecule has 3 rings (SSSR count).